The van der Waals surface area contributed by atoms with Crippen LogP contribution in [0.5, 0.6) is 5.75 Å². The molecule has 1 N–H and O–H groups in total. The Balaban J connectivity index is 1.79. The predicted octanol–water partition coefficient (Wildman–Crippen LogP) is 3.99. The third-order valence-electron chi connectivity index (χ3n) is 4.84. The van der Waals surface area contributed by atoms with Crippen molar-refractivity contribution in [2.24, 2.45) is 5.10 Å². The fraction of sp³-hybridized carbons (Fsp3) is 0.200. The second kappa shape index (κ2) is 11.3. The highest BCUT2D eigenvalue weighted by Crippen LogP contribution is 2.25. The lowest BCUT2D eigenvalue weighted by molar-refractivity contribution is -0.119. The molecule has 7 nitrogen and oxygen atoms in total. The molecule has 0 aliphatic rings. The normalized spacial score (nSPS) is 11.3. The molecule has 0 heterocycles. The number of nitrogens with one attached hydrogen (secondary N) is 1. The predicted molar refractivity (Wildman–Crippen MR) is 130 cm³/mol. The molecule has 3 aromatic rings. The number of nitrogens with zero attached hydrogens (tertiary/aromatic N) is 2. The van der Waals surface area contributed by atoms with E-state index in [2.05, 4.69) is 17.5 Å². The van der Waals surface area contributed by atoms with Crippen molar-refractivity contribution in [3.05, 3.63) is 90.0 Å². The first kappa shape index (κ1) is 24.0. The number of ether oxygens (including phenoxy) is 1. The Kier molecular flexibility index (Phi) is 8.21. The van der Waals surface area contributed by atoms with Gasteiger partial charge in [0.2, 0.25) is 0 Å². The minimum atomic E-state index is -3.98. The third-order valence-corrected chi connectivity index (χ3v) is 6.63. The van der Waals surface area contributed by atoms with Gasteiger partial charge in [0.25, 0.3) is 15.9 Å². The lowest BCUT2D eigenvalue weighted by Gasteiger charge is -2.24. The molecule has 0 saturated carbocycles. The summed E-state index contributed by atoms with van der Waals surface area (Å²) < 4.78 is 33.1. The average Bonchev–Trinajstić information content (AvgIpc) is 2.84. The number of carbonyl (C=O) groups excluding carboxylic acids is 1. The lowest BCUT2D eigenvalue weighted by atomic mass is 10.1. The van der Waals surface area contributed by atoms with Gasteiger partial charge in [-0.3, -0.25) is 9.10 Å². The Morgan fingerprint density at radius 2 is 1.64 bits per heavy atom. The summed E-state index contributed by atoms with van der Waals surface area (Å²) in [6, 6.07) is 22.3. The van der Waals surface area contributed by atoms with Gasteiger partial charge in [0.1, 0.15) is 12.3 Å². The summed E-state index contributed by atoms with van der Waals surface area (Å²) in [6.45, 7) is 4.00. The first-order valence-electron chi connectivity index (χ1n) is 10.7. The van der Waals surface area contributed by atoms with E-state index in [1.165, 1.54) is 23.9 Å². The number of hydrazone groups is 1. The Morgan fingerprint density at radius 3 is 2.24 bits per heavy atom. The number of hydrogen-bond acceptors (Lipinski definition) is 5. The van der Waals surface area contributed by atoms with Gasteiger partial charge in [-0.05, 0) is 60.9 Å². The van der Waals surface area contributed by atoms with Gasteiger partial charge >= 0.3 is 0 Å². The first-order valence-corrected chi connectivity index (χ1v) is 12.1. The van der Waals surface area contributed by atoms with Gasteiger partial charge in [-0.1, -0.05) is 49.4 Å². The summed E-state index contributed by atoms with van der Waals surface area (Å²) >= 11 is 0. The van der Waals surface area contributed by atoms with Gasteiger partial charge in [-0.15, -0.1) is 0 Å². The van der Waals surface area contributed by atoms with Gasteiger partial charge in [-0.25, -0.2) is 13.8 Å². The average molecular weight is 466 g/mol. The molecule has 0 saturated heterocycles. The zero-order chi connectivity index (χ0) is 23.7. The molecule has 172 valence electrons. The molecule has 0 unspecified atom stereocenters. The molecular formula is C25H27N3O4S. The lowest BCUT2D eigenvalue weighted by Crippen LogP contribution is -2.39. The van der Waals surface area contributed by atoms with Crippen molar-refractivity contribution < 1.29 is 17.9 Å². The van der Waals surface area contributed by atoms with E-state index in [1.807, 2.05) is 31.2 Å². The van der Waals surface area contributed by atoms with Crippen LogP contribution in [-0.4, -0.2) is 33.7 Å². The van der Waals surface area contributed by atoms with E-state index in [0.29, 0.717) is 18.0 Å². The van der Waals surface area contributed by atoms with E-state index >= 15 is 0 Å². The highest BCUT2D eigenvalue weighted by Gasteiger charge is 2.27. The molecule has 0 bridgehead atoms. The molecule has 1 amide bonds. The highest BCUT2D eigenvalue weighted by atomic mass is 32.2. The number of anilines is 1. The topological polar surface area (TPSA) is 88.1 Å². The van der Waals surface area contributed by atoms with Crippen LogP contribution in [0.2, 0.25) is 0 Å². The van der Waals surface area contributed by atoms with Crippen LogP contribution >= 0.6 is 0 Å². The third kappa shape index (κ3) is 6.43. The highest BCUT2D eigenvalue weighted by molar-refractivity contribution is 7.92. The second-order valence-corrected chi connectivity index (χ2v) is 9.00. The number of amides is 1. The second-order valence-electron chi connectivity index (χ2n) is 7.14. The molecule has 0 aliphatic carbocycles. The fourth-order valence-corrected chi connectivity index (χ4v) is 4.54. The summed E-state index contributed by atoms with van der Waals surface area (Å²) in [5, 5.41) is 3.97. The molecule has 0 aliphatic heterocycles. The van der Waals surface area contributed by atoms with Crippen LogP contribution in [0.1, 0.15) is 25.0 Å². The molecule has 0 radical (unpaired) electrons. The van der Waals surface area contributed by atoms with Crippen LogP contribution in [0, 0.1) is 0 Å². The molecule has 0 fully saturated rings. The maximum absolute atomic E-state index is 13.3. The Morgan fingerprint density at radius 1 is 0.970 bits per heavy atom. The molecule has 0 spiro atoms. The van der Waals surface area contributed by atoms with Crippen LogP contribution in [0.4, 0.5) is 5.69 Å². The number of hydrogen-bond donors (Lipinski definition) is 1. The van der Waals surface area contributed by atoms with Crippen LogP contribution < -0.4 is 14.5 Å². The van der Waals surface area contributed by atoms with Crippen molar-refractivity contribution in [1.29, 1.82) is 0 Å². The summed E-state index contributed by atoms with van der Waals surface area (Å²) in [4.78, 5) is 12.7. The van der Waals surface area contributed by atoms with E-state index in [9.17, 15) is 13.2 Å². The van der Waals surface area contributed by atoms with E-state index < -0.39 is 22.5 Å². The molecule has 3 rings (SSSR count). The van der Waals surface area contributed by atoms with Gasteiger partial charge in [-0.2, -0.15) is 5.10 Å². The molecular weight excluding hydrogens is 438 g/mol. The zero-order valence-electron chi connectivity index (χ0n) is 18.6. The SMILES string of the molecule is CCOc1ccc(N(CC(=O)N/N=C/c2ccc(CC)cc2)S(=O)(=O)c2ccccc2)cc1. The summed E-state index contributed by atoms with van der Waals surface area (Å²) in [5.74, 6) is 0.0475. The fourth-order valence-electron chi connectivity index (χ4n) is 3.09. The standard InChI is InChI=1S/C25H27N3O4S/c1-3-20-10-12-21(13-11-20)18-26-27-25(29)19-28(22-14-16-23(17-15-22)32-4-2)33(30,31)24-8-6-5-7-9-24/h5-18H,3-4,19H2,1-2H3,(H,27,29)/b26-18+. The number of aryl methyl sites for hydroxylation is 1. The van der Waals surface area contributed by atoms with E-state index in [1.54, 1.807) is 42.5 Å². The minimum Gasteiger partial charge on any atom is -0.494 e. The smallest absolute Gasteiger partial charge is 0.264 e. The number of benzene rings is 3. The maximum atomic E-state index is 13.3. The maximum Gasteiger partial charge on any atom is 0.264 e. The van der Waals surface area contributed by atoms with Crippen molar-refractivity contribution in [3.8, 4) is 5.75 Å². The van der Waals surface area contributed by atoms with Crippen molar-refractivity contribution in [3.63, 3.8) is 0 Å². The molecule has 0 aromatic heterocycles. The van der Waals surface area contributed by atoms with Crippen LogP contribution in [0.15, 0.2) is 88.9 Å². The van der Waals surface area contributed by atoms with Crippen LogP contribution in [0.3, 0.4) is 0 Å². The van der Waals surface area contributed by atoms with Gasteiger partial charge in [0.05, 0.1) is 23.4 Å². The van der Waals surface area contributed by atoms with E-state index in [0.717, 1.165) is 16.3 Å². The van der Waals surface area contributed by atoms with Crippen LogP contribution in [0.25, 0.3) is 0 Å². The summed E-state index contributed by atoms with van der Waals surface area (Å²) in [5.41, 5.74) is 4.79. The largest absolute Gasteiger partial charge is 0.494 e. The monoisotopic (exact) mass is 465 g/mol. The van der Waals surface area contributed by atoms with Crippen molar-refractivity contribution >= 4 is 27.8 Å². The van der Waals surface area contributed by atoms with E-state index in [-0.39, 0.29) is 4.90 Å². The van der Waals surface area contributed by atoms with Gasteiger partial charge < -0.3 is 4.74 Å². The quantitative estimate of drug-likeness (QED) is 0.362. The van der Waals surface area contributed by atoms with Crippen molar-refractivity contribution in [1.82, 2.24) is 5.43 Å². The first-order chi connectivity index (χ1) is 15.9. The molecule has 0 atom stereocenters. The van der Waals surface area contributed by atoms with Gasteiger partial charge in [0, 0.05) is 0 Å². The van der Waals surface area contributed by atoms with E-state index in [4.69, 9.17) is 4.74 Å². The van der Waals surface area contributed by atoms with Crippen molar-refractivity contribution in [2.45, 2.75) is 25.2 Å². The minimum absolute atomic E-state index is 0.0891. The van der Waals surface area contributed by atoms with Crippen molar-refractivity contribution in [2.75, 3.05) is 17.5 Å². The molecule has 8 heteroatoms. The number of rotatable bonds is 10. The van der Waals surface area contributed by atoms with Gasteiger partial charge in [0.15, 0.2) is 0 Å². The molecule has 3 aromatic carbocycles. The number of sulfonamides is 1. The molecule has 33 heavy (non-hydrogen) atoms. The Hall–Kier alpha value is -3.65. The number of carbonyl (C=O) groups is 1. The zero-order valence-corrected chi connectivity index (χ0v) is 19.5. The Labute approximate surface area is 194 Å². The van der Waals surface area contributed by atoms with Crippen LogP contribution in [-0.2, 0) is 21.2 Å². The summed E-state index contributed by atoms with van der Waals surface area (Å²) in [6.07, 6.45) is 2.45. The Bertz CT molecular complexity index is 1180. The summed E-state index contributed by atoms with van der Waals surface area (Å²) in [7, 11) is -3.98.